The SMILES string of the molecule is O=C(C[NH+]1CCCCCC1)NC[C@H]1CCCO1. The predicted molar refractivity (Wildman–Crippen MR) is 66.0 cm³/mol. The van der Waals surface area contributed by atoms with Crippen molar-refractivity contribution in [3.63, 3.8) is 0 Å². The van der Waals surface area contributed by atoms with E-state index in [4.69, 9.17) is 4.74 Å². The molecule has 1 atom stereocenters. The number of carbonyl (C=O) groups is 1. The number of amides is 1. The molecule has 0 spiro atoms. The van der Waals surface area contributed by atoms with Crippen LogP contribution in [0.15, 0.2) is 0 Å². The maximum atomic E-state index is 11.8. The highest BCUT2D eigenvalue weighted by molar-refractivity contribution is 5.76. The fourth-order valence-electron chi connectivity index (χ4n) is 2.73. The quantitative estimate of drug-likeness (QED) is 0.712. The molecule has 4 nitrogen and oxygen atoms in total. The highest BCUT2D eigenvalue weighted by Gasteiger charge is 2.19. The molecular weight excluding hydrogens is 216 g/mol. The van der Waals surface area contributed by atoms with Crippen molar-refractivity contribution in [2.75, 3.05) is 32.8 Å². The highest BCUT2D eigenvalue weighted by Crippen LogP contribution is 2.10. The third-order valence-corrected chi connectivity index (χ3v) is 3.77. The summed E-state index contributed by atoms with van der Waals surface area (Å²) in [4.78, 5) is 13.2. The van der Waals surface area contributed by atoms with Crippen LogP contribution < -0.4 is 10.2 Å². The summed E-state index contributed by atoms with van der Waals surface area (Å²) in [5.41, 5.74) is 0. The first-order chi connectivity index (χ1) is 8.34. The van der Waals surface area contributed by atoms with E-state index in [1.165, 1.54) is 30.6 Å². The van der Waals surface area contributed by atoms with Crippen molar-refractivity contribution in [3.8, 4) is 0 Å². The van der Waals surface area contributed by atoms with Crippen LogP contribution in [0.1, 0.15) is 38.5 Å². The van der Waals surface area contributed by atoms with E-state index in [0.29, 0.717) is 13.1 Å². The first-order valence-corrected chi connectivity index (χ1v) is 7.06. The predicted octanol–water partition coefficient (Wildman–Crippen LogP) is -0.259. The standard InChI is InChI=1S/C13H24N2O2/c16-13(14-10-12-6-5-9-17-12)11-15-7-3-1-2-4-8-15/h12H,1-11H2,(H,14,16)/p+1/t12-/m1/s1. The Labute approximate surface area is 104 Å². The molecule has 4 heteroatoms. The van der Waals surface area contributed by atoms with Crippen molar-refractivity contribution in [3.05, 3.63) is 0 Å². The van der Waals surface area contributed by atoms with Crippen molar-refractivity contribution < 1.29 is 14.4 Å². The lowest BCUT2D eigenvalue weighted by Crippen LogP contribution is -3.13. The first kappa shape index (κ1) is 12.8. The van der Waals surface area contributed by atoms with Crippen molar-refractivity contribution in [1.82, 2.24) is 5.32 Å². The van der Waals surface area contributed by atoms with Crippen molar-refractivity contribution in [1.29, 1.82) is 0 Å². The van der Waals surface area contributed by atoms with Gasteiger partial charge in [0.25, 0.3) is 5.91 Å². The molecule has 2 fully saturated rings. The Bertz CT molecular complexity index is 232. The second-order valence-corrected chi connectivity index (χ2v) is 5.28. The normalized spacial score (nSPS) is 26.7. The van der Waals surface area contributed by atoms with Gasteiger partial charge in [-0.25, -0.2) is 0 Å². The Morgan fingerprint density at radius 2 is 1.94 bits per heavy atom. The number of nitrogens with one attached hydrogen (secondary N) is 2. The molecule has 0 radical (unpaired) electrons. The van der Waals surface area contributed by atoms with E-state index < -0.39 is 0 Å². The zero-order chi connectivity index (χ0) is 11.9. The van der Waals surface area contributed by atoms with Gasteiger partial charge in [-0.1, -0.05) is 0 Å². The topological polar surface area (TPSA) is 42.8 Å². The van der Waals surface area contributed by atoms with Crippen LogP contribution in [-0.2, 0) is 9.53 Å². The molecular formula is C13H25N2O2+. The van der Waals surface area contributed by atoms with Crippen LogP contribution in [-0.4, -0.2) is 44.8 Å². The molecule has 0 unspecified atom stereocenters. The molecule has 0 saturated carbocycles. The lowest BCUT2D eigenvalue weighted by molar-refractivity contribution is -0.891. The van der Waals surface area contributed by atoms with Crippen LogP contribution in [0, 0.1) is 0 Å². The Hall–Kier alpha value is -0.610. The van der Waals surface area contributed by atoms with Crippen LogP contribution >= 0.6 is 0 Å². The number of hydrogen-bond acceptors (Lipinski definition) is 2. The summed E-state index contributed by atoms with van der Waals surface area (Å²) in [5, 5.41) is 3.01. The van der Waals surface area contributed by atoms with Gasteiger partial charge in [-0.15, -0.1) is 0 Å². The van der Waals surface area contributed by atoms with Crippen LogP contribution in [0.5, 0.6) is 0 Å². The zero-order valence-corrected chi connectivity index (χ0v) is 10.7. The van der Waals surface area contributed by atoms with Gasteiger partial charge < -0.3 is 15.0 Å². The summed E-state index contributed by atoms with van der Waals surface area (Å²) in [7, 11) is 0. The fourth-order valence-corrected chi connectivity index (χ4v) is 2.73. The van der Waals surface area contributed by atoms with E-state index in [-0.39, 0.29) is 12.0 Å². The summed E-state index contributed by atoms with van der Waals surface area (Å²) < 4.78 is 5.49. The number of likely N-dealkylation sites (tertiary alicyclic amines) is 1. The van der Waals surface area contributed by atoms with E-state index in [1.54, 1.807) is 0 Å². The number of hydrogen-bond donors (Lipinski definition) is 2. The van der Waals surface area contributed by atoms with Gasteiger partial charge in [0.1, 0.15) is 0 Å². The number of quaternary nitrogens is 1. The third-order valence-electron chi connectivity index (χ3n) is 3.77. The van der Waals surface area contributed by atoms with Gasteiger partial charge in [0.15, 0.2) is 6.54 Å². The van der Waals surface area contributed by atoms with Crippen LogP contribution in [0.3, 0.4) is 0 Å². The molecule has 2 aliphatic rings. The summed E-state index contributed by atoms with van der Waals surface area (Å²) >= 11 is 0. The fraction of sp³-hybridized carbons (Fsp3) is 0.923. The zero-order valence-electron chi connectivity index (χ0n) is 10.7. The summed E-state index contributed by atoms with van der Waals surface area (Å²) in [5.74, 6) is 0.192. The van der Waals surface area contributed by atoms with Gasteiger partial charge in [-0.2, -0.15) is 0 Å². The smallest absolute Gasteiger partial charge is 0.275 e. The van der Waals surface area contributed by atoms with Crippen LogP contribution in [0.25, 0.3) is 0 Å². The third kappa shape index (κ3) is 4.64. The maximum absolute atomic E-state index is 11.8. The Morgan fingerprint density at radius 1 is 1.18 bits per heavy atom. The lowest BCUT2D eigenvalue weighted by atomic mass is 10.2. The average molecular weight is 241 g/mol. The monoisotopic (exact) mass is 241 g/mol. The molecule has 2 heterocycles. The van der Waals surface area contributed by atoms with Gasteiger partial charge in [0.05, 0.1) is 19.2 Å². The molecule has 0 aromatic carbocycles. The minimum absolute atomic E-state index is 0.192. The number of carbonyl (C=O) groups excluding carboxylic acids is 1. The maximum Gasteiger partial charge on any atom is 0.275 e. The van der Waals surface area contributed by atoms with E-state index in [9.17, 15) is 4.79 Å². The molecule has 2 aliphatic heterocycles. The van der Waals surface area contributed by atoms with Gasteiger partial charge in [-0.05, 0) is 38.5 Å². The van der Waals surface area contributed by atoms with Crippen molar-refractivity contribution >= 4 is 5.91 Å². The molecule has 0 aromatic rings. The molecule has 0 aromatic heterocycles. The van der Waals surface area contributed by atoms with E-state index in [2.05, 4.69) is 5.32 Å². The molecule has 2 N–H and O–H groups in total. The minimum atomic E-state index is 0.192. The summed E-state index contributed by atoms with van der Waals surface area (Å²) in [6.45, 7) is 4.53. The second-order valence-electron chi connectivity index (χ2n) is 5.28. The van der Waals surface area contributed by atoms with Crippen LogP contribution in [0.2, 0.25) is 0 Å². The molecule has 1 amide bonds. The van der Waals surface area contributed by atoms with E-state index in [1.807, 2.05) is 0 Å². The second kappa shape index (κ2) is 6.97. The van der Waals surface area contributed by atoms with E-state index >= 15 is 0 Å². The first-order valence-electron chi connectivity index (χ1n) is 7.06. The molecule has 0 bridgehead atoms. The largest absolute Gasteiger partial charge is 0.376 e. The van der Waals surface area contributed by atoms with Crippen molar-refractivity contribution in [2.45, 2.75) is 44.6 Å². The Balaban J connectivity index is 1.61. The Morgan fingerprint density at radius 3 is 2.59 bits per heavy atom. The van der Waals surface area contributed by atoms with Gasteiger partial charge in [0.2, 0.25) is 0 Å². The highest BCUT2D eigenvalue weighted by atomic mass is 16.5. The van der Waals surface area contributed by atoms with Crippen molar-refractivity contribution in [2.24, 2.45) is 0 Å². The van der Waals surface area contributed by atoms with Gasteiger partial charge in [0, 0.05) is 13.2 Å². The molecule has 0 aliphatic carbocycles. The lowest BCUT2D eigenvalue weighted by Gasteiger charge is -2.17. The van der Waals surface area contributed by atoms with Gasteiger partial charge in [-0.3, -0.25) is 4.79 Å². The molecule has 2 saturated heterocycles. The summed E-state index contributed by atoms with van der Waals surface area (Å²) in [6, 6.07) is 0. The summed E-state index contributed by atoms with van der Waals surface area (Å²) in [6.07, 6.45) is 7.71. The van der Waals surface area contributed by atoms with Crippen LogP contribution in [0.4, 0.5) is 0 Å². The van der Waals surface area contributed by atoms with Gasteiger partial charge >= 0.3 is 0 Å². The Kier molecular flexibility index (Phi) is 5.26. The number of rotatable bonds is 4. The van der Waals surface area contributed by atoms with E-state index in [0.717, 1.165) is 32.5 Å². The molecule has 2 rings (SSSR count). The number of ether oxygens (including phenoxy) is 1. The minimum Gasteiger partial charge on any atom is -0.376 e. The molecule has 17 heavy (non-hydrogen) atoms. The average Bonchev–Trinajstić information content (AvgIpc) is 2.72. The molecule has 98 valence electrons.